The van der Waals surface area contributed by atoms with E-state index in [4.69, 9.17) is 11.6 Å². The molecule has 1 aromatic carbocycles. The minimum Gasteiger partial charge on any atom is -0.240 e. The molecule has 0 radical (unpaired) electrons. The van der Waals surface area contributed by atoms with Crippen molar-refractivity contribution >= 4 is 23.4 Å². The Labute approximate surface area is 118 Å². The van der Waals surface area contributed by atoms with E-state index in [9.17, 15) is 0 Å². The molecule has 18 heavy (non-hydrogen) atoms. The maximum atomic E-state index is 5.86. The van der Waals surface area contributed by atoms with Crippen molar-refractivity contribution in [2.75, 3.05) is 0 Å². The van der Waals surface area contributed by atoms with Gasteiger partial charge in [0.05, 0.1) is 5.69 Å². The van der Waals surface area contributed by atoms with Gasteiger partial charge in [-0.3, -0.25) is 0 Å². The van der Waals surface area contributed by atoms with E-state index in [-0.39, 0.29) is 0 Å². The van der Waals surface area contributed by atoms with Crippen LogP contribution in [0.4, 0.5) is 0 Å². The van der Waals surface area contributed by atoms with Gasteiger partial charge in [0.15, 0.2) is 0 Å². The average Bonchev–Trinajstić information content (AvgIpc) is 2.27. The lowest BCUT2D eigenvalue weighted by atomic mass is 10.1. The number of hydrogen-bond donors (Lipinski definition) is 0. The van der Waals surface area contributed by atoms with E-state index in [1.807, 2.05) is 23.9 Å². The van der Waals surface area contributed by atoms with Gasteiger partial charge in [0, 0.05) is 11.5 Å². The first-order chi connectivity index (χ1) is 8.63. The van der Waals surface area contributed by atoms with Gasteiger partial charge in [-0.2, -0.15) is 11.8 Å². The number of aryl methyl sites for hydroxylation is 2. The number of nitrogens with zero attached hydrogens (tertiary/aromatic N) is 1. The van der Waals surface area contributed by atoms with Crippen molar-refractivity contribution in [1.29, 1.82) is 0 Å². The van der Waals surface area contributed by atoms with Gasteiger partial charge in [0.1, 0.15) is 5.15 Å². The summed E-state index contributed by atoms with van der Waals surface area (Å²) in [5, 5.41) is 0.569. The fourth-order valence-electron chi connectivity index (χ4n) is 1.96. The van der Waals surface area contributed by atoms with E-state index in [1.165, 1.54) is 16.7 Å². The minimum atomic E-state index is 0.569. The van der Waals surface area contributed by atoms with E-state index in [1.54, 1.807) is 6.07 Å². The maximum absolute atomic E-state index is 5.86. The van der Waals surface area contributed by atoms with E-state index < -0.39 is 0 Å². The molecule has 1 heterocycles. The third-order valence-electron chi connectivity index (χ3n) is 2.57. The Kier molecular flexibility index (Phi) is 4.67. The van der Waals surface area contributed by atoms with Crippen LogP contribution in [0.3, 0.4) is 0 Å². The number of benzene rings is 1. The Hall–Kier alpha value is -0.990. The topological polar surface area (TPSA) is 12.9 Å². The lowest BCUT2D eigenvalue weighted by molar-refractivity contribution is 1.17. The van der Waals surface area contributed by atoms with Crippen molar-refractivity contribution in [2.24, 2.45) is 0 Å². The smallest absolute Gasteiger partial charge is 0.129 e. The molecule has 0 aliphatic rings. The van der Waals surface area contributed by atoms with E-state index in [0.717, 1.165) is 17.2 Å². The van der Waals surface area contributed by atoms with Crippen LogP contribution in [-0.2, 0) is 11.5 Å². The van der Waals surface area contributed by atoms with Gasteiger partial charge in [-0.1, -0.05) is 47.0 Å². The van der Waals surface area contributed by atoms with Gasteiger partial charge >= 0.3 is 0 Å². The van der Waals surface area contributed by atoms with E-state index in [2.05, 4.69) is 37.0 Å². The molecule has 0 N–H and O–H groups in total. The zero-order valence-corrected chi connectivity index (χ0v) is 12.2. The molecule has 94 valence electrons. The number of hydrogen-bond acceptors (Lipinski definition) is 2. The molecule has 0 bridgehead atoms. The van der Waals surface area contributed by atoms with Gasteiger partial charge in [-0.15, -0.1) is 0 Å². The van der Waals surface area contributed by atoms with Crippen molar-refractivity contribution in [2.45, 2.75) is 25.4 Å². The van der Waals surface area contributed by atoms with Crippen LogP contribution in [-0.4, -0.2) is 4.98 Å². The average molecular weight is 278 g/mol. The van der Waals surface area contributed by atoms with Crippen LogP contribution in [0.1, 0.15) is 22.4 Å². The maximum Gasteiger partial charge on any atom is 0.129 e. The molecule has 0 aliphatic carbocycles. The number of pyridine rings is 1. The number of halogens is 1. The first-order valence-electron chi connectivity index (χ1n) is 5.90. The number of aromatic nitrogens is 1. The lowest BCUT2D eigenvalue weighted by Gasteiger charge is -2.05. The summed E-state index contributed by atoms with van der Waals surface area (Å²) >= 11 is 7.73. The molecule has 0 saturated carbocycles. The summed E-state index contributed by atoms with van der Waals surface area (Å²) in [4.78, 5) is 4.28. The summed E-state index contributed by atoms with van der Waals surface area (Å²) in [7, 11) is 0. The highest BCUT2D eigenvalue weighted by Crippen LogP contribution is 2.19. The largest absolute Gasteiger partial charge is 0.240 e. The summed E-state index contributed by atoms with van der Waals surface area (Å²) in [5.74, 6) is 1.91. The predicted molar refractivity (Wildman–Crippen MR) is 80.2 cm³/mol. The van der Waals surface area contributed by atoms with Crippen molar-refractivity contribution < 1.29 is 0 Å². The van der Waals surface area contributed by atoms with Gasteiger partial charge in [-0.05, 0) is 31.5 Å². The fourth-order valence-corrected chi connectivity index (χ4v) is 3.01. The second kappa shape index (κ2) is 6.26. The Morgan fingerprint density at radius 2 is 1.78 bits per heavy atom. The SMILES string of the molecule is Cc1cc(C)cc(CSCc2cccc(Cl)n2)c1. The molecule has 0 spiro atoms. The number of thioether (sulfide) groups is 1. The Balaban J connectivity index is 1.92. The monoisotopic (exact) mass is 277 g/mol. The molecule has 0 saturated heterocycles. The minimum absolute atomic E-state index is 0.569. The Morgan fingerprint density at radius 3 is 2.44 bits per heavy atom. The summed E-state index contributed by atoms with van der Waals surface area (Å²) in [6.07, 6.45) is 0. The molecular weight excluding hydrogens is 262 g/mol. The third kappa shape index (κ3) is 4.04. The van der Waals surface area contributed by atoms with Gasteiger partial charge in [-0.25, -0.2) is 4.98 Å². The first-order valence-corrected chi connectivity index (χ1v) is 7.43. The second-order valence-corrected chi connectivity index (χ2v) is 5.81. The van der Waals surface area contributed by atoms with Gasteiger partial charge in [0.25, 0.3) is 0 Å². The van der Waals surface area contributed by atoms with Gasteiger partial charge < -0.3 is 0 Å². The molecule has 2 aromatic rings. The molecule has 0 fully saturated rings. The van der Waals surface area contributed by atoms with Crippen LogP contribution in [0.5, 0.6) is 0 Å². The summed E-state index contributed by atoms with van der Waals surface area (Å²) in [5.41, 5.74) is 5.06. The highest BCUT2D eigenvalue weighted by Gasteiger charge is 1.99. The molecule has 0 unspecified atom stereocenters. The van der Waals surface area contributed by atoms with E-state index >= 15 is 0 Å². The molecule has 0 amide bonds. The molecule has 0 aliphatic heterocycles. The van der Waals surface area contributed by atoms with E-state index in [0.29, 0.717) is 5.15 Å². The fraction of sp³-hybridized carbons (Fsp3) is 0.267. The van der Waals surface area contributed by atoms with Gasteiger partial charge in [0.2, 0.25) is 0 Å². The Morgan fingerprint density at radius 1 is 1.06 bits per heavy atom. The molecule has 2 rings (SSSR count). The summed E-state index contributed by atoms with van der Waals surface area (Å²) in [6.45, 7) is 4.28. The van der Waals surface area contributed by atoms with Crippen molar-refractivity contribution in [3.05, 3.63) is 63.9 Å². The molecule has 1 nitrogen and oxygen atoms in total. The quantitative estimate of drug-likeness (QED) is 0.746. The second-order valence-electron chi connectivity index (χ2n) is 4.44. The highest BCUT2D eigenvalue weighted by molar-refractivity contribution is 7.97. The summed E-state index contributed by atoms with van der Waals surface area (Å²) in [6, 6.07) is 12.4. The third-order valence-corrected chi connectivity index (χ3v) is 3.82. The van der Waals surface area contributed by atoms with Crippen molar-refractivity contribution in [3.63, 3.8) is 0 Å². The normalized spacial score (nSPS) is 10.6. The Bertz CT molecular complexity index is 520. The predicted octanol–water partition coefficient (Wildman–Crippen LogP) is 4.79. The van der Waals surface area contributed by atoms with Crippen LogP contribution in [0.25, 0.3) is 0 Å². The number of rotatable bonds is 4. The standard InChI is InChI=1S/C15H16ClNS/c1-11-6-12(2)8-13(7-11)9-18-10-14-4-3-5-15(16)17-14/h3-8H,9-10H2,1-2H3. The zero-order valence-electron chi connectivity index (χ0n) is 10.6. The zero-order chi connectivity index (χ0) is 13.0. The van der Waals surface area contributed by atoms with Crippen molar-refractivity contribution in [1.82, 2.24) is 4.98 Å². The first kappa shape index (κ1) is 13.4. The molecule has 0 atom stereocenters. The summed E-state index contributed by atoms with van der Waals surface area (Å²) < 4.78 is 0. The van der Waals surface area contributed by atoms with Crippen LogP contribution in [0.2, 0.25) is 5.15 Å². The van der Waals surface area contributed by atoms with Crippen LogP contribution < -0.4 is 0 Å². The van der Waals surface area contributed by atoms with Crippen molar-refractivity contribution in [3.8, 4) is 0 Å². The van der Waals surface area contributed by atoms with Crippen LogP contribution in [0, 0.1) is 13.8 Å². The van der Waals surface area contributed by atoms with Crippen LogP contribution >= 0.6 is 23.4 Å². The van der Waals surface area contributed by atoms with Crippen LogP contribution in [0.15, 0.2) is 36.4 Å². The molecular formula is C15H16ClNS. The highest BCUT2D eigenvalue weighted by atomic mass is 35.5. The molecule has 1 aromatic heterocycles. The molecule has 3 heteroatoms. The lowest BCUT2D eigenvalue weighted by Crippen LogP contribution is -1.89.